The number of thioether (sulfide) groups is 1. The van der Waals surface area contributed by atoms with Gasteiger partial charge in [-0.2, -0.15) is 0 Å². The number of benzene rings is 1. The molecular formula is C11H10Cl2OS. The Kier molecular flexibility index (Phi) is 3.02. The van der Waals surface area contributed by atoms with E-state index in [4.69, 9.17) is 23.2 Å². The smallest absolute Gasteiger partial charge is 0.169 e. The SMILES string of the molecule is CC1Sc2c(Cl)ccc(Cl)c2C(=O)C1C. The zero-order valence-corrected chi connectivity index (χ0v) is 10.7. The predicted octanol–water partition coefficient (Wildman–Crippen LogP) is 4.31. The number of ketones is 1. The summed E-state index contributed by atoms with van der Waals surface area (Å²) < 4.78 is 0. The molecule has 0 amide bonds. The summed E-state index contributed by atoms with van der Waals surface area (Å²) in [5.74, 6) is 0.0993. The maximum absolute atomic E-state index is 12.0. The standard InChI is InChI=1S/C11H10Cl2OS/c1-5-6(2)15-11-8(13)4-3-7(12)9(11)10(5)14/h3-6H,1-2H3. The zero-order valence-electron chi connectivity index (χ0n) is 8.38. The molecule has 0 radical (unpaired) electrons. The molecule has 1 nitrogen and oxygen atoms in total. The van der Waals surface area contributed by atoms with Gasteiger partial charge < -0.3 is 0 Å². The quantitative estimate of drug-likeness (QED) is 0.692. The van der Waals surface area contributed by atoms with Crippen LogP contribution in [-0.2, 0) is 0 Å². The van der Waals surface area contributed by atoms with Crippen LogP contribution in [0.1, 0.15) is 24.2 Å². The second kappa shape index (κ2) is 4.00. The summed E-state index contributed by atoms with van der Waals surface area (Å²) in [6.45, 7) is 3.97. The first-order chi connectivity index (χ1) is 7.02. The normalized spacial score (nSPS) is 25.2. The van der Waals surface area contributed by atoms with E-state index in [2.05, 4.69) is 0 Å². The van der Waals surface area contributed by atoms with E-state index in [1.807, 2.05) is 13.8 Å². The van der Waals surface area contributed by atoms with Gasteiger partial charge in [0, 0.05) is 16.1 Å². The van der Waals surface area contributed by atoms with E-state index in [-0.39, 0.29) is 17.0 Å². The Morgan fingerprint density at radius 1 is 1.20 bits per heavy atom. The average molecular weight is 261 g/mol. The third-order valence-electron chi connectivity index (χ3n) is 2.73. The molecule has 0 saturated carbocycles. The van der Waals surface area contributed by atoms with Crippen LogP contribution in [0.2, 0.25) is 10.0 Å². The van der Waals surface area contributed by atoms with E-state index < -0.39 is 0 Å². The van der Waals surface area contributed by atoms with Gasteiger partial charge in [0.1, 0.15) is 0 Å². The van der Waals surface area contributed by atoms with E-state index in [0.29, 0.717) is 15.6 Å². The van der Waals surface area contributed by atoms with Crippen LogP contribution in [0.5, 0.6) is 0 Å². The second-order valence-corrected chi connectivity index (χ2v) is 5.91. The third-order valence-corrected chi connectivity index (χ3v) is 4.91. The topological polar surface area (TPSA) is 17.1 Å². The van der Waals surface area contributed by atoms with Gasteiger partial charge in [0.25, 0.3) is 0 Å². The van der Waals surface area contributed by atoms with Gasteiger partial charge in [0.15, 0.2) is 5.78 Å². The highest BCUT2D eigenvalue weighted by Crippen LogP contribution is 2.44. The lowest BCUT2D eigenvalue weighted by Gasteiger charge is -2.27. The molecule has 1 aliphatic heterocycles. The molecule has 2 unspecified atom stereocenters. The zero-order chi connectivity index (χ0) is 11.2. The van der Waals surface area contributed by atoms with Gasteiger partial charge in [-0.25, -0.2) is 0 Å². The second-order valence-electron chi connectivity index (χ2n) is 3.71. The van der Waals surface area contributed by atoms with Crippen LogP contribution >= 0.6 is 35.0 Å². The first-order valence-electron chi connectivity index (χ1n) is 4.71. The molecule has 0 N–H and O–H groups in total. The fourth-order valence-electron chi connectivity index (χ4n) is 1.61. The molecule has 1 aliphatic rings. The number of rotatable bonds is 0. The van der Waals surface area contributed by atoms with Gasteiger partial charge >= 0.3 is 0 Å². The lowest BCUT2D eigenvalue weighted by molar-refractivity contribution is 0.0924. The number of halogens is 2. The fraction of sp³-hybridized carbons (Fsp3) is 0.364. The molecule has 1 heterocycles. The Morgan fingerprint density at radius 2 is 1.80 bits per heavy atom. The van der Waals surface area contributed by atoms with Gasteiger partial charge in [-0.3, -0.25) is 4.79 Å². The van der Waals surface area contributed by atoms with Crippen molar-refractivity contribution in [2.24, 2.45) is 5.92 Å². The molecular weight excluding hydrogens is 251 g/mol. The summed E-state index contributed by atoms with van der Waals surface area (Å²) in [4.78, 5) is 12.9. The molecule has 0 saturated heterocycles. The van der Waals surface area contributed by atoms with E-state index in [9.17, 15) is 4.79 Å². The highest BCUT2D eigenvalue weighted by Gasteiger charge is 2.33. The van der Waals surface area contributed by atoms with Crippen molar-refractivity contribution in [3.05, 3.63) is 27.7 Å². The molecule has 2 rings (SSSR count). The highest BCUT2D eigenvalue weighted by molar-refractivity contribution is 8.00. The molecule has 15 heavy (non-hydrogen) atoms. The van der Waals surface area contributed by atoms with E-state index in [1.165, 1.54) is 0 Å². The molecule has 0 bridgehead atoms. The molecule has 0 fully saturated rings. The number of carbonyl (C=O) groups is 1. The van der Waals surface area contributed by atoms with Gasteiger partial charge in [0.05, 0.1) is 15.6 Å². The van der Waals surface area contributed by atoms with Crippen LogP contribution in [0, 0.1) is 5.92 Å². The molecule has 0 spiro atoms. The minimum atomic E-state index is -0.00142. The maximum Gasteiger partial charge on any atom is 0.169 e. The van der Waals surface area contributed by atoms with Crippen LogP contribution in [0.15, 0.2) is 17.0 Å². The molecule has 0 aliphatic carbocycles. The Balaban J connectivity index is 2.64. The number of fused-ring (bicyclic) bond motifs is 1. The molecule has 0 aromatic heterocycles. The number of hydrogen-bond acceptors (Lipinski definition) is 2. The Bertz CT molecular complexity index is 431. The first kappa shape index (κ1) is 11.3. The van der Waals surface area contributed by atoms with E-state index in [1.54, 1.807) is 23.9 Å². The molecule has 1 aromatic carbocycles. The summed E-state index contributed by atoms with van der Waals surface area (Å²) in [6.07, 6.45) is 0. The fourth-order valence-corrected chi connectivity index (χ4v) is 3.41. The van der Waals surface area contributed by atoms with Gasteiger partial charge in [0.2, 0.25) is 0 Å². The van der Waals surface area contributed by atoms with Crippen molar-refractivity contribution < 1.29 is 4.79 Å². The van der Waals surface area contributed by atoms with E-state index in [0.717, 1.165) is 4.90 Å². The van der Waals surface area contributed by atoms with Crippen LogP contribution in [0.25, 0.3) is 0 Å². The monoisotopic (exact) mass is 260 g/mol. The molecule has 80 valence electrons. The minimum Gasteiger partial charge on any atom is -0.294 e. The maximum atomic E-state index is 12.0. The molecule has 4 heteroatoms. The predicted molar refractivity (Wildman–Crippen MR) is 65.3 cm³/mol. The van der Waals surface area contributed by atoms with Crippen molar-refractivity contribution in [3.8, 4) is 0 Å². The van der Waals surface area contributed by atoms with Crippen LogP contribution in [-0.4, -0.2) is 11.0 Å². The lowest BCUT2D eigenvalue weighted by Crippen LogP contribution is -2.26. The van der Waals surface area contributed by atoms with Crippen molar-refractivity contribution in [1.82, 2.24) is 0 Å². The third kappa shape index (κ3) is 1.79. The number of Topliss-reactive ketones (excluding diaryl/α,β-unsaturated/α-hetero) is 1. The average Bonchev–Trinajstić information content (AvgIpc) is 2.20. The van der Waals surface area contributed by atoms with Gasteiger partial charge in [-0.05, 0) is 12.1 Å². The lowest BCUT2D eigenvalue weighted by atomic mass is 9.96. The highest BCUT2D eigenvalue weighted by atomic mass is 35.5. The van der Waals surface area contributed by atoms with Crippen LogP contribution in [0.3, 0.4) is 0 Å². The van der Waals surface area contributed by atoms with Crippen LogP contribution < -0.4 is 0 Å². The summed E-state index contributed by atoms with van der Waals surface area (Å²) >= 11 is 13.7. The summed E-state index contributed by atoms with van der Waals surface area (Å²) in [5.41, 5.74) is 0.597. The van der Waals surface area contributed by atoms with Crippen LogP contribution in [0.4, 0.5) is 0 Å². The summed E-state index contributed by atoms with van der Waals surface area (Å²) in [7, 11) is 0. The van der Waals surface area contributed by atoms with Crippen molar-refractivity contribution >= 4 is 40.7 Å². The summed E-state index contributed by atoms with van der Waals surface area (Å²) in [5, 5.41) is 1.37. The number of hydrogen-bond donors (Lipinski definition) is 0. The Morgan fingerprint density at radius 3 is 2.47 bits per heavy atom. The van der Waals surface area contributed by atoms with Crippen molar-refractivity contribution in [3.63, 3.8) is 0 Å². The minimum absolute atomic E-state index is 0.00142. The Labute approximate surface area is 103 Å². The first-order valence-corrected chi connectivity index (χ1v) is 6.34. The molecule has 2 atom stereocenters. The van der Waals surface area contributed by atoms with Crippen molar-refractivity contribution in [2.45, 2.75) is 24.0 Å². The van der Waals surface area contributed by atoms with Gasteiger partial charge in [-0.15, -0.1) is 11.8 Å². The summed E-state index contributed by atoms with van der Waals surface area (Å²) in [6, 6.07) is 3.43. The number of carbonyl (C=O) groups excluding carboxylic acids is 1. The van der Waals surface area contributed by atoms with Crippen molar-refractivity contribution in [1.29, 1.82) is 0 Å². The Hall–Kier alpha value is -0.180. The molecule has 1 aromatic rings. The van der Waals surface area contributed by atoms with Crippen molar-refractivity contribution in [2.75, 3.05) is 0 Å². The van der Waals surface area contributed by atoms with Gasteiger partial charge in [-0.1, -0.05) is 37.0 Å². The largest absolute Gasteiger partial charge is 0.294 e. The van der Waals surface area contributed by atoms with E-state index >= 15 is 0 Å².